The van der Waals surface area contributed by atoms with Crippen LogP contribution in [0.4, 0.5) is 45.0 Å². The van der Waals surface area contributed by atoms with Crippen molar-refractivity contribution in [1.82, 2.24) is 30.2 Å². The van der Waals surface area contributed by atoms with Crippen molar-refractivity contribution in [2.45, 2.75) is 13.1 Å². The highest BCUT2D eigenvalue weighted by molar-refractivity contribution is 7.80. The second-order valence-electron chi connectivity index (χ2n) is 15.0. The van der Waals surface area contributed by atoms with E-state index in [1.54, 1.807) is 54.3 Å². The minimum Gasteiger partial charge on any atom is -0.494 e. The highest BCUT2D eigenvalue weighted by Gasteiger charge is 2.35. The van der Waals surface area contributed by atoms with Crippen molar-refractivity contribution in [2.75, 3.05) is 30.6 Å². The highest BCUT2D eigenvalue weighted by atomic mass is 35.5. The SMILES string of the molecule is COc1ccccc1-n1nc(C(F)(F)F)cc1N=C(NC(=O)c1cccc(Cl)c1)Nc1cc(F)cc(Cl)c1.COc1ccccc1-n1nc(C)cc1N.O=C(NC(=S)Nc1cc(F)cc(Cl)c1)c1cccc(Cl)c1. The summed E-state index contributed by atoms with van der Waals surface area (Å²) in [6.45, 7) is 1.91. The molecule has 0 fully saturated rings. The second-order valence-corrected chi connectivity index (χ2v) is 17.2. The van der Waals surface area contributed by atoms with Crippen molar-refractivity contribution < 1.29 is 41.0 Å². The van der Waals surface area contributed by atoms with Crippen LogP contribution in [0.1, 0.15) is 32.1 Å². The van der Waals surface area contributed by atoms with Gasteiger partial charge >= 0.3 is 6.18 Å². The summed E-state index contributed by atoms with van der Waals surface area (Å²) in [7, 11) is 2.98. The summed E-state index contributed by atoms with van der Waals surface area (Å²) in [5.41, 5.74) is 7.41. The van der Waals surface area contributed by atoms with Crippen LogP contribution in [0.25, 0.3) is 11.4 Å². The third-order valence-corrected chi connectivity index (χ3v) is 10.7. The Kier molecular flexibility index (Phi) is 19.0. The number of hydrogen-bond donors (Lipinski definition) is 5. The molecule has 74 heavy (non-hydrogen) atoms. The van der Waals surface area contributed by atoms with E-state index in [0.717, 1.165) is 33.9 Å². The minimum atomic E-state index is -4.80. The van der Waals surface area contributed by atoms with Crippen molar-refractivity contribution in [1.29, 1.82) is 0 Å². The zero-order valence-electron chi connectivity index (χ0n) is 38.6. The van der Waals surface area contributed by atoms with Gasteiger partial charge in [-0.1, -0.05) is 82.8 Å². The van der Waals surface area contributed by atoms with Gasteiger partial charge in [-0.15, -0.1) is 0 Å². The number of nitrogens with one attached hydrogen (secondary N) is 4. The summed E-state index contributed by atoms with van der Waals surface area (Å²) in [5, 5.41) is 19.3. The van der Waals surface area contributed by atoms with E-state index in [1.807, 2.05) is 37.3 Å². The van der Waals surface area contributed by atoms with Crippen LogP contribution < -0.4 is 36.5 Å². The van der Waals surface area contributed by atoms with Gasteiger partial charge < -0.3 is 25.8 Å². The molecule has 0 aliphatic carbocycles. The smallest absolute Gasteiger partial charge is 0.435 e. The number of benzene rings is 6. The molecule has 0 unspecified atom stereocenters. The van der Waals surface area contributed by atoms with E-state index in [-0.39, 0.29) is 54.6 Å². The number of rotatable bonds is 9. The first-order chi connectivity index (χ1) is 35.2. The molecule has 0 aliphatic heterocycles. The van der Waals surface area contributed by atoms with E-state index in [1.165, 1.54) is 61.7 Å². The van der Waals surface area contributed by atoms with Gasteiger partial charge in [0.2, 0.25) is 5.96 Å². The molecule has 0 radical (unpaired) electrons. The van der Waals surface area contributed by atoms with Crippen LogP contribution in [0.15, 0.2) is 151 Å². The zero-order valence-corrected chi connectivity index (χ0v) is 42.5. The van der Waals surface area contributed by atoms with E-state index >= 15 is 0 Å². The van der Waals surface area contributed by atoms with E-state index in [4.69, 9.17) is 73.8 Å². The lowest BCUT2D eigenvalue weighted by Gasteiger charge is -2.14. The number of hydrogen-bond acceptors (Lipinski definition) is 9. The molecule has 8 aromatic rings. The molecule has 0 saturated heterocycles. The van der Waals surface area contributed by atoms with E-state index in [9.17, 15) is 31.5 Å². The van der Waals surface area contributed by atoms with Gasteiger partial charge in [-0.25, -0.2) is 18.1 Å². The molecule has 24 heteroatoms. The Morgan fingerprint density at radius 2 is 1.12 bits per heavy atom. The number of amides is 2. The topological polar surface area (TPSA) is 175 Å². The predicted molar refractivity (Wildman–Crippen MR) is 282 cm³/mol. The Bertz CT molecular complexity index is 3320. The molecular weight excluding hydrogens is 1070 g/mol. The van der Waals surface area contributed by atoms with Gasteiger partial charge in [-0.05, 0) is 116 Å². The number of nitrogen functional groups attached to an aromatic ring is 1. The lowest BCUT2D eigenvalue weighted by molar-refractivity contribution is -0.141. The van der Waals surface area contributed by atoms with Gasteiger partial charge in [0.15, 0.2) is 16.6 Å². The average molecular weight is 1110 g/mol. The number of methoxy groups -OCH3 is 2. The molecule has 0 spiro atoms. The lowest BCUT2D eigenvalue weighted by atomic mass is 10.2. The molecule has 6 N–H and O–H groups in total. The number of thiocarbonyl (C=S) groups is 1. The van der Waals surface area contributed by atoms with Crippen LogP contribution in [0.5, 0.6) is 11.5 Å². The number of nitrogens with zero attached hydrogens (tertiary/aromatic N) is 5. The molecule has 0 saturated carbocycles. The van der Waals surface area contributed by atoms with E-state index in [0.29, 0.717) is 28.2 Å². The maximum absolute atomic E-state index is 14.0. The van der Waals surface area contributed by atoms with E-state index in [2.05, 4.69) is 36.5 Å². The zero-order chi connectivity index (χ0) is 53.7. The Labute approximate surface area is 444 Å². The van der Waals surface area contributed by atoms with Crippen LogP contribution in [0.2, 0.25) is 20.1 Å². The second kappa shape index (κ2) is 25.3. The summed E-state index contributed by atoms with van der Waals surface area (Å²) in [6, 6.07) is 36.1. The van der Waals surface area contributed by atoms with Gasteiger partial charge in [0.1, 0.15) is 40.3 Å². The predicted octanol–water partition coefficient (Wildman–Crippen LogP) is 12.9. The molecule has 0 bridgehead atoms. The van der Waals surface area contributed by atoms with Gasteiger partial charge in [0, 0.05) is 54.7 Å². The van der Waals surface area contributed by atoms with Crippen molar-refractivity contribution in [2.24, 2.45) is 4.99 Å². The number of aromatic nitrogens is 4. The number of alkyl halides is 3. The number of aryl methyl sites for hydroxylation is 1. The summed E-state index contributed by atoms with van der Waals surface area (Å²) in [6.07, 6.45) is -4.80. The summed E-state index contributed by atoms with van der Waals surface area (Å²) in [5.74, 6) is -1.40. The Morgan fingerprint density at radius 3 is 1.59 bits per heavy atom. The Morgan fingerprint density at radius 1 is 0.622 bits per heavy atom. The fourth-order valence-electron chi connectivity index (χ4n) is 6.46. The number of ether oxygens (including phenoxy) is 2. The quantitative estimate of drug-likeness (QED) is 0.0405. The maximum Gasteiger partial charge on any atom is 0.435 e. The molecule has 6 aromatic carbocycles. The molecule has 0 atom stereocenters. The fraction of sp³-hybridized carbons (Fsp3) is 0.0800. The molecule has 8 rings (SSSR count). The van der Waals surface area contributed by atoms with Crippen LogP contribution in [0.3, 0.4) is 0 Å². The number of carbonyl (C=O) groups is 2. The molecule has 2 heterocycles. The number of anilines is 3. The number of carbonyl (C=O) groups excluding carboxylic acids is 2. The summed E-state index contributed by atoms with van der Waals surface area (Å²) < 4.78 is 81.1. The van der Waals surface area contributed by atoms with Crippen LogP contribution in [-0.2, 0) is 6.18 Å². The monoisotopic (exact) mass is 1110 g/mol. The largest absolute Gasteiger partial charge is 0.494 e. The number of aliphatic imine (C=N–C) groups is 1. The molecule has 0 aliphatic rings. The number of nitrogens with two attached hydrogens (primary N) is 1. The highest BCUT2D eigenvalue weighted by Crippen LogP contribution is 2.35. The maximum atomic E-state index is 14.0. The fourth-order valence-corrected chi connectivity index (χ4v) is 7.49. The average Bonchev–Trinajstić information content (AvgIpc) is 3.92. The van der Waals surface area contributed by atoms with Crippen LogP contribution in [-0.4, -0.2) is 56.7 Å². The van der Waals surface area contributed by atoms with Gasteiger partial charge in [0.05, 0.1) is 19.9 Å². The molecule has 382 valence electrons. The first kappa shape index (κ1) is 55.6. The van der Waals surface area contributed by atoms with Crippen molar-refractivity contribution in [3.8, 4) is 22.9 Å². The van der Waals surface area contributed by atoms with Crippen molar-refractivity contribution in [3.05, 3.63) is 200 Å². The Balaban J connectivity index is 0.000000206. The minimum absolute atomic E-state index is 0.0293. The normalized spacial score (nSPS) is 11.0. The number of para-hydroxylation sites is 4. The number of guanidine groups is 1. The Hall–Kier alpha value is -7.75. The molecule has 2 aromatic heterocycles. The third kappa shape index (κ3) is 15.6. The first-order valence-corrected chi connectivity index (χ1v) is 23.1. The van der Waals surface area contributed by atoms with Crippen molar-refractivity contribution >= 4 is 105 Å². The molecular formula is C50H39Cl4F5N10O4S. The summed E-state index contributed by atoms with van der Waals surface area (Å²) in [4.78, 5) is 29.1. The first-order valence-electron chi connectivity index (χ1n) is 21.2. The standard InChI is InChI=1S/C25H17Cl2F4N5O2.C14H9Cl2FN2OS.C11H13N3O/c1-38-20-8-3-2-7-19(20)36-22(13-21(35-36)25(29,30)31)33-24(32-18-11-16(27)10-17(28)12-18)34-23(37)14-5-4-6-15(26)9-14;15-9-3-1-2-8(4-9)13(20)19-14(21)18-12-6-10(16)5-11(17)7-12;1-8-7-11(12)14(13-8)9-5-3-4-6-10(9)15-2/h2-13H,1H3,(H2,32,33,34,37);1-7H,(H2,18,19,20,21);3-7H,12H2,1-2H3. The van der Waals surface area contributed by atoms with Crippen molar-refractivity contribution in [3.63, 3.8) is 0 Å². The molecule has 14 nitrogen and oxygen atoms in total. The van der Waals surface area contributed by atoms with Gasteiger partial charge in [-0.3, -0.25) is 20.2 Å². The van der Waals surface area contributed by atoms with Crippen LogP contribution in [0, 0.1) is 18.6 Å². The number of halogens is 9. The summed E-state index contributed by atoms with van der Waals surface area (Å²) >= 11 is 28.4. The van der Waals surface area contributed by atoms with Crippen LogP contribution >= 0.6 is 58.6 Å². The molecule has 2 amide bonds. The van der Waals surface area contributed by atoms with E-state index < -0.39 is 35.3 Å². The van der Waals surface area contributed by atoms with Gasteiger partial charge in [0.25, 0.3) is 11.8 Å². The third-order valence-electron chi connectivity index (χ3n) is 9.57. The lowest BCUT2D eigenvalue weighted by Crippen LogP contribution is -2.36. The van der Waals surface area contributed by atoms with Gasteiger partial charge in [-0.2, -0.15) is 28.4 Å².